The molecule has 5 nitrogen and oxygen atoms in total. The number of carboxylic acids is 1. The van der Waals surface area contributed by atoms with Gasteiger partial charge in [0.15, 0.2) is 5.82 Å². The van der Waals surface area contributed by atoms with Crippen LogP contribution in [0.1, 0.15) is 23.7 Å². The Morgan fingerprint density at radius 2 is 2.00 bits per heavy atom. The maximum atomic E-state index is 13.7. The molecule has 1 rings (SSSR count). The molecule has 0 heterocycles. The molecule has 1 aromatic carbocycles. The Morgan fingerprint density at radius 3 is 2.50 bits per heavy atom. The Labute approximate surface area is 102 Å². The predicted molar refractivity (Wildman–Crippen MR) is 58.8 cm³/mol. The smallest absolute Gasteiger partial charge is 0.341 e. The van der Waals surface area contributed by atoms with Crippen molar-refractivity contribution in [3.63, 3.8) is 0 Å². The zero-order chi connectivity index (χ0) is 13.9. The number of sulfonamides is 1. The van der Waals surface area contributed by atoms with Crippen LogP contribution in [0.15, 0.2) is 17.0 Å². The summed E-state index contributed by atoms with van der Waals surface area (Å²) in [5.74, 6) is -4.79. The van der Waals surface area contributed by atoms with E-state index in [1.165, 1.54) is 0 Å². The Kier molecular flexibility index (Phi) is 4.36. The number of carbonyl (C=O) groups is 1. The first-order valence-electron chi connectivity index (χ1n) is 5.02. The van der Waals surface area contributed by atoms with Gasteiger partial charge in [-0.2, -0.15) is 0 Å². The third-order valence-electron chi connectivity index (χ3n) is 2.10. The number of nitrogens with one attached hydrogen (secondary N) is 1. The Balaban J connectivity index is 3.36. The van der Waals surface area contributed by atoms with Crippen molar-refractivity contribution in [3.8, 4) is 0 Å². The molecule has 2 N–H and O–H groups in total. The van der Waals surface area contributed by atoms with Crippen LogP contribution in [0.3, 0.4) is 0 Å². The standard InChI is InChI=1S/C10H11F2NO4S/c1-2-5-13-18(16,17)7-4-3-6(11)8(9(7)12)10(14)15/h3-4,13H,2,5H2,1H3,(H,14,15). The van der Waals surface area contributed by atoms with E-state index in [1.807, 2.05) is 0 Å². The highest BCUT2D eigenvalue weighted by molar-refractivity contribution is 7.89. The molecule has 0 radical (unpaired) electrons. The number of carboxylic acid groups (broad SMARTS) is 1. The highest BCUT2D eigenvalue weighted by Crippen LogP contribution is 2.20. The largest absolute Gasteiger partial charge is 0.477 e. The van der Waals surface area contributed by atoms with Gasteiger partial charge in [0.1, 0.15) is 16.3 Å². The van der Waals surface area contributed by atoms with Crippen LogP contribution in [-0.2, 0) is 10.0 Å². The van der Waals surface area contributed by atoms with E-state index >= 15 is 0 Å². The number of halogens is 2. The molecule has 8 heteroatoms. The van der Waals surface area contributed by atoms with Crippen molar-refractivity contribution in [2.75, 3.05) is 6.54 Å². The van der Waals surface area contributed by atoms with Crippen molar-refractivity contribution < 1.29 is 27.1 Å². The second-order valence-electron chi connectivity index (χ2n) is 3.44. The van der Waals surface area contributed by atoms with Gasteiger partial charge in [0.25, 0.3) is 0 Å². The molecule has 0 fully saturated rings. The summed E-state index contributed by atoms with van der Waals surface area (Å²) in [7, 11) is -4.18. The molecule has 0 saturated carbocycles. The van der Waals surface area contributed by atoms with Gasteiger partial charge in [-0.1, -0.05) is 6.92 Å². The summed E-state index contributed by atoms with van der Waals surface area (Å²) < 4.78 is 52.1. The van der Waals surface area contributed by atoms with Crippen LogP contribution in [0, 0.1) is 11.6 Å². The zero-order valence-electron chi connectivity index (χ0n) is 9.41. The van der Waals surface area contributed by atoms with Crippen molar-refractivity contribution in [1.29, 1.82) is 0 Å². The van der Waals surface area contributed by atoms with Gasteiger partial charge in [0.05, 0.1) is 0 Å². The zero-order valence-corrected chi connectivity index (χ0v) is 10.2. The van der Waals surface area contributed by atoms with E-state index in [-0.39, 0.29) is 6.54 Å². The molecule has 0 aromatic heterocycles. The summed E-state index contributed by atoms with van der Waals surface area (Å²) in [6.45, 7) is 1.77. The lowest BCUT2D eigenvalue weighted by Crippen LogP contribution is -2.26. The number of hydrogen-bond acceptors (Lipinski definition) is 3. The second kappa shape index (κ2) is 5.40. The van der Waals surface area contributed by atoms with Crippen molar-refractivity contribution in [1.82, 2.24) is 4.72 Å². The van der Waals surface area contributed by atoms with E-state index in [1.54, 1.807) is 6.92 Å². The van der Waals surface area contributed by atoms with Crippen LogP contribution >= 0.6 is 0 Å². The molecule has 0 amide bonds. The molecule has 0 aliphatic heterocycles. The number of hydrogen-bond donors (Lipinski definition) is 2. The van der Waals surface area contributed by atoms with Gasteiger partial charge in [-0.15, -0.1) is 0 Å². The highest BCUT2D eigenvalue weighted by Gasteiger charge is 2.26. The fourth-order valence-corrected chi connectivity index (χ4v) is 2.46. The molecule has 0 bridgehead atoms. The molecule has 0 aliphatic rings. The van der Waals surface area contributed by atoms with Gasteiger partial charge in [-0.05, 0) is 18.6 Å². The number of rotatable bonds is 5. The lowest BCUT2D eigenvalue weighted by Gasteiger charge is -2.08. The van der Waals surface area contributed by atoms with Gasteiger partial charge in [-0.25, -0.2) is 26.7 Å². The van der Waals surface area contributed by atoms with Gasteiger partial charge in [0, 0.05) is 6.54 Å². The summed E-state index contributed by atoms with van der Waals surface area (Å²) in [4.78, 5) is 9.76. The number of aromatic carboxylic acids is 1. The summed E-state index contributed by atoms with van der Waals surface area (Å²) >= 11 is 0. The monoisotopic (exact) mass is 279 g/mol. The summed E-state index contributed by atoms with van der Waals surface area (Å²) in [5, 5.41) is 8.62. The predicted octanol–water partition coefficient (Wildman–Crippen LogP) is 1.35. The first kappa shape index (κ1) is 14.5. The molecule has 100 valence electrons. The van der Waals surface area contributed by atoms with E-state index in [9.17, 15) is 22.0 Å². The molecule has 18 heavy (non-hydrogen) atoms. The Hall–Kier alpha value is -1.54. The van der Waals surface area contributed by atoms with Gasteiger partial charge >= 0.3 is 5.97 Å². The van der Waals surface area contributed by atoms with Crippen molar-refractivity contribution in [2.24, 2.45) is 0 Å². The minimum Gasteiger partial charge on any atom is -0.477 e. The quantitative estimate of drug-likeness (QED) is 0.852. The summed E-state index contributed by atoms with van der Waals surface area (Å²) in [6.07, 6.45) is 0.480. The fraction of sp³-hybridized carbons (Fsp3) is 0.300. The van der Waals surface area contributed by atoms with E-state index < -0.39 is 38.1 Å². The molecular formula is C10H11F2NO4S. The van der Waals surface area contributed by atoms with Crippen LogP contribution in [-0.4, -0.2) is 26.0 Å². The summed E-state index contributed by atoms with van der Waals surface area (Å²) in [6, 6.07) is 1.29. The first-order valence-corrected chi connectivity index (χ1v) is 6.50. The van der Waals surface area contributed by atoms with Crippen molar-refractivity contribution in [3.05, 3.63) is 29.3 Å². The molecule has 0 aliphatic carbocycles. The van der Waals surface area contributed by atoms with E-state index in [0.29, 0.717) is 18.6 Å². The molecule has 0 atom stereocenters. The molecule has 1 aromatic rings. The second-order valence-corrected chi connectivity index (χ2v) is 5.17. The van der Waals surface area contributed by atoms with Crippen molar-refractivity contribution >= 4 is 16.0 Å². The third-order valence-corrected chi connectivity index (χ3v) is 3.58. The van der Waals surface area contributed by atoms with E-state index in [0.717, 1.165) is 0 Å². The van der Waals surface area contributed by atoms with Crippen LogP contribution in [0.2, 0.25) is 0 Å². The maximum absolute atomic E-state index is 13.7. The summed E-state index contributed by atoms with van der Waals surface area (Å²) in [5.41, 5.74) is -1.28. The topological polar surface area (TPSA) is 83.5 Å². The van der Waals surface area contributed by atoms with E-state index in [2.05, 4.69) is 4.72 Å². The molecule has 0 spiro atoms. The Bertz CT molecular complexity index is 571. The van der Waals surface area contributed by atoms with Crippen molar-refractivity contribution in [2.45, 2.75) is 18.2 Å². The molecular weight excluding hydrogens is 268 g/mol. The Morgan fingerprint density at radius 1 is 1.39 bits per heavy atom. The van der Waals surface area contributed by atoms with Crippen LogP contribution in [0.25, 0.3) is 0 Å². The number of benzene rings is 1. The van der Waals surface area contributed by atoms with E-state index in [4.69, 9.17) is 5.11 Å². The third kappa shape index (κ3) is 2.82. The van der Waals surface area contributed by atoms with Gasteiger partial charge in [0.2, 0.25) is 10.0 Å². The van der Waals surface area contributed by atoms with Crippen LogP contribution < -0.4 is 4.72 Å². The lowest BCUT2D eigenvalue weighted by atomic mass is 10.2. The van der Waals surface area contributed by atoms with Gasteiger partial charge in [-0.3, -0.25) is 0 Å². The SMILES string of the molecule is CCCNS(=O)(=O)c1ccc(F)c(C(=O)O)c1F. The average molecular weight is 279 g/mol. The fourth-order valence-electron chi connectivity index (χ4n) is 1.25. The minimum absolute atomic E-state index is 0.0710. The van der Waals surface area contributed by atoms with Crippen LogP contribution in [0.5, 0.6) is 0 Å². The normalized spacial score (nSPS) is 11.5. The van der Waals surface area contributed by atoms with Gasteiger partial charge < -0.3 is 5.11 Å². The molecule has 0 unspecified atom stereocenters. The average Bonchev–Trinajstić information content (AvgIpc) is 2.25. The molecule has 0 saturated heterocycles. The highest BCUT2D eigenvalue weighted by atomic mass is 32.2. The minimum atomic E-state index is -4.18. The lowest BCUT2D eigenvalue weighted by molar-refractivity contribution is 0.0685. The van der Waals surface area contributed by atoms with Crippen LogP contribution in [0.4, 0.5) is 8.78 Å². The maximum Gasteiger partial charge on any atom is 0.341 e. The first-order chi connectivity index (χ1) is 8.31.